The summed E-state index contributed by atoms with van der Waals surface area (Å²) >= 11 is 3.58. The molecule has 0 aliphatic rings. The molecular formula is C16H20BrN3O. The van der Waals surface area contributed by atoms with Crippen LogP contribution < -0.4 is 10.1 Å². The molecule has 0 bridgehead atoms. The maximum absolute atomic E-state index is 5.47. The van der Waals surface area contributed by atoms with E-state index in [1.807, 2.05) is 32.2 Å². The van der Waals surface area contributed by atoms with Crippen LogP contribution in [0.4, 0.5) is 5.82 Å². The number of aryl methyl sites for hydroxylation is 2. The van der Waals surface area contributed by atoms with E-state index < -0.39 is 0 Å². The molecule has 2 aromatic rings. The fourth-order valence-corrected chi connectivity index (χ4v) is 2.74. The molecule has 1 N–H and O–H groups in total. The van der Waals surface area contributed by atoms with Crippen molar-refractivity contribution in [1.29, 1.82) is 0 Å². The number of benzene rings is 1. The van der Waals surface area contributed by atoms with Gasteiger partial charge >= 0.3 is 0 Å². The molecule has 0 saturated heterocycles. The molecule has 0 atom stereocenters. The Morgan fingerprint density at radius 1 is 1.29 bits per heavy atom. The van der Waals surface area contributed by atoms with Gasteiger partial charge in [0.1, 0.15) is 11.6 Å². The Balaban J connectivity index is 2.60. The van der Waals surface area contributed by atoms with Crippen molar-refractivity contribution in [2.75, 3.05) is 19.5 Å². The average molecular weight is 350 g/mol. The van der Waals surface area contributed by atoms with E-state index in [4.69, 9.17) is 9.72 Å². The third-order valence-electron chi connectivity index (χ3n) is 3.24. The lowest BCUT2D eigenvalue weighted by Gasteiger charge is -2.13. The predicted molar refractivity (Wildman–Crippen MR) is 90.0 cm³/mol. The van der Waals surface area contributed by atoms with Crippen molar-refractivity contribution in [3.05, 3.63) is 33.9 Å². The van der Waals surface area contributed by atoms with E-state index in [0.29, 0.717) is 5.82 Å². The van der Waals surface area contributed by atoms with Crippen molar-refractivity contribution in [1.82, 2.24) is 9.97 Å². The molecule has 0 aliphatic heterocycles. The van der Waals surface area contributed by atoms with Crippen LogP contribution in [0.5, 0.6) is 5.75 Å². The number of ether oxygens (including phenoxy) is 1. The highest BCUT2D eigenvalue weighted by Crippen LogP contribution is 2.32. The van der Waals surface area contributed by atoms with Gasteiger partial charge < -0.3 is 10.1 Å². The predicted octanol–water partition coefficient (Wildman–Crippen LogP) is 4.22. The first-order chi connectivity index (χ1) is 10.1. The Bertz CT molecular complexity index is 644. The van der Waals surface area contributed by atoms with E-state index >= 15 is 0 Å². The molecule has 0 saturated carbocycles. The highest BCUT2D eigenvalue weighted by Gasteiger charge is 2.15. The minimum atomic E-state index is 0.683. The minimum absolute atomic E-state index is 0.683. The first-order valence-electron chi connectivity index (χ1n) is 6.99. The highest BCUT2D eigenvalue weighted by atomic mass is 79.9. The molecule has 21 heavy (non-hydrogen) atoms. The smallest absolute Gasteiger partial charge is 0.165 e. The third kappa shape index (κ3) is 3.35. The molecule has 0 amide bonds. The normalized spacial score (nSPS) is 10.5. The maximum Gasteiger partial charge on any atom is 0.165 e. The van der Waals surface area contributed by atoms with E-state index in [2.05, 4.69) is 33.2 Å². The zero-order chi connectivity index (χ0) is 15.4. The Hall–Kier alpha value is -1.62. The van der Waals surface area contributed by atoms with Crippen LogP contribution in [0.1, 0.15) is 24.6 Å². The second kappa shape index (κ2) is 6.89. The van der Waals surface area contributed by atoms with E-state index in [9.17, 15) is 0 Å². The van der Waals surface area contributed by atoms with Gasteiger partial charge in [0.25, 0.3) is 0 Å². The number of rotatable bonds is 5. The maximum atomic E-state index is 5.47. The van der Waals surface area contributed by atoms with Crippen LogP contribution in [-0.4, -0.2) is 24.1 Å². The first kappa shape index (κ1) is 15.8. The summed E-state index contributed by atoms with van der Waals surface area (Å²) in [4.78, 5) is 9.29. The van der Waals surface area contributed by atoms with Gasteiger partial charge in [-0.2, -0.15) is 0 Å². The summed E-state index contributed by atoms with van der Waals surface area (Å²) in [7, 11) is 3.53. The molecule has 1 aromatic carbocycles. The van der Waals surface area contributed by atoms with Crippen LogP contribution in [0.3, 0.4) is 0 Å². The number of nitrogens with zero attached hydrogens (tertiary/aromatic N) is 2. The Kier molecular flexibility index (Phi) is 5.17. The standard InChI is InChI=1S/C16H20BrN3O/c1-5-6-12-14(17)16(18-3)20-15(19-12)11-8-7-10(2)9-13(11)21-4/h7-9H,5-6H2,1-4H3,(H,18,19,20). The molecule has 112 valence electrons. The molecular weight excluding hydrogens is 330 g/mol. The Labute approximate surface area is 134 Å². The lowest BCUT2D eigenvalue weighted by molar-refractivity contribution is 0.416. The lowest BCUT2D eigenvalue weighted by atomic mass is 10.1. The van der Waals surface area contributed by atoms with Crippen LogP contribution in [0.2, 0.25) is 0 Å². The Morgan fingerprint density at radius 3 is 2.67 bits per heavy atom. The first-order valence-corrected chi connectivity index (χ1v) is 7.79. The van der Waals surface area contributed by atoms with Gasteiger partial charge in [0, 0.05) is 7.05 Å². The number of anilines is 1. The van der Waals surface area contributed by atoms with Crippen LogP contribution in [0.15, 0.2) is 22.7 Å². The van der Waals surface area contributed by atoms with E-state index in [-0.39, 0.29) is 0 Å². The third-order valence-corrected chi connectivity index (χ3v) is 4.07. The van der Waals surface area contributed by atoms with Crippen LogP contribution in [0.25, 0.3) is 11.4 Å². The number of methoxy groups -OCH3 is 1. The summed E-state index contributed by atoms with van der Waals surface area (Å²) in [6.45, 7) is 4.18. The van der Waals surface area contributed by atoms with Gasteiger partial charge in [-0.05, 0) is 47.0 Å². The molecule has 0 radical (unpaired) electrons. The van der Waals surface area contributed by atoms with Crippen molar-refractivity contribution in [2.45, 2.75) is 26.7 Å². The van der Waals surface area contributed by atoms with Crippen molar-refractivity contribution >= 4 is 21.7 Å². The van der Waals surface area contributed by atoms with Crippen molar-refractivity contribution in [3.63, 3.8) is 0 Å². The number of halogens is 1. The number of nitrogens with one attached hydrogen (secondary N) is 1. The molecule has 0 aliphatic carbocycles. The minimum Gasteiger partial charge on any atom is -0.496 e. The van der Waals surface area contributed by atoms with Crippen molar-refractivity contribution in [2.24, 2.45) is 0 Å². The lowest BCUT2D eigenvalue weighted by Crippen LogP contribution is -2.04. The fraction of sp³-hybridized carbons (Fsp3) is 0.375. The zero-order valence-corrected chi connectivity index (χ0v) is 14.4. The fourth-order valence-electron chi connectivity index (χ4n) is 2.17. The average Bonchev–Trinajstić information content (AvgIpc) is 2.49. The van der Waals surface area contributed by atoms with E-state index in [1.54, 1.807) is 7.11 Å². The number of hydrogen-bond acceptors (Lipinski definition) is 4. The highest BCUT2D eigenvalue weighted by molar-refractivity contribution is 9.10. The molecule has 5 heteroatoms. The molecule has 0 fully saturated rings. The molecule has 2 rings (SSSR count). The summed E-state index contributed by atoms with van der Waals surface area (Å²) in [5.74, 6) is 2.27. The Morgan fingerprint density at radius 2 is 2.05 bits per heavy atom. The van der Waals surface area contributed by atoms with Gasteiger partial charge in [-0.15, -0.1) is 0 Å². The van der Waals surface area contributed by atoms with Crippen molar-refractivity contribution in [3.8, 4) is 17.1 Å². The van der Waals surface area contributed by atoms with Gasteiger partial charge in [-0.1, -0.05) is 19.4 Å². The van der Waals surface area contributed by atoms with Gasteiger partial charge in [0.15, 0.2) is 5.82 Å². The largest absolute Gasteiger partial charge is 0.496 e. The van der Waals surface area contributed by atoms with Gasteiger partial charge in [0.05, 0.1) is 22.8 Å². The summed E-state index contributed by atoms with van der Waals surface area (Å²) in [5.41, 5.74) is 3.06. The second-order valence-electron chi connectivity index (χ2n) is 4.86. The van der Waals surface area contributed by atoms with Crippen LogP contribution in [-0.2, 0) is 6.42 Å². The van der Waals surface area contributed by atoms with Gasteiger partial charge in [-0.25, -0.2) is 9.97 Å². The monoisotopic (exact) mass is 349 g/mol. The summed E-state index contributed by atoms with van der Waals surface area (Å²) in [5, 5.41) is 3.11. The molecule has 1 aromatic heterocycles. The van der Waals surface area contributed by atoms with Crippen molar-refractivity contribution < 1.29 is 4.74 Å². The van der Waals surface area contributed by atoms with Crippen LogP contribution >= 0.6 is 15.9 Å². The molecule has 0 spiro atoms. The molecule has 0 unspecified atom stereocenters. The summed E-state index contributed by atoms with van der Waals surface area (Å²) < 4.78 is 6.40. The zero-order valence-electron chi connectivity index (χ0n) is 12.8. The second-order valence-corrected chi connectivity index (χ2v) is 5.65. The molecule has 4 nitrogen and oxygen atoms in total. The number of hydrogen-bond donors (Lipinski definition) is 1. The van der Waals surface area contributed by atoms with E-state index in [1.165, 1.54) is 0 Å². The summed E-state index contributed by atoms with van der Waals surface area (Å²) in [6.07, 6.45) is 1.93. The van der Waals surface area contributed by atoms with Gasteiger partial charge in [-0.3, -0.25) is 0 Å². The quantitative estimate of drug-likeness (QED) is 0.877. The molecule has 1 heterocycles. The topological polar surface area (TPSA) is 47.0 Å². The number of aromatic nitrogens is 2. The van der Waals surface area contributed by atoms with Gasteiger partial charge in [0.2, 0.25) is 0 Å². The SMILES string of the molecule is CCCc1nc(-c2ccc(C)cc2OC)nc(NC)c1Br. The van der Waals surface area contributed by atoms with E-state index in [0.717, 1.165) is 45.7 Å². The van der Waals surface area contributed by atoms with Crippen LogP contribution in [0, 0.1) is 6.92 Å². The summed E-state index contributed by atoms with van der Waals surface area (Å²) in [6, 6.07) is 6.05.